The van der Waals surface area contributed by atoms with Gasteiger partial charge in [0, 0.05) is 5.56 Å². The highest BCUT2D eigenvalue weighted by atomic mass is 16.5. The predicted octanol–water partition coefficient (Wildman–Crippen LogP) is 4.23. The largest absolute Gasteiger partial charge is 0.489 e. The summed E-state index contributed by atoms with van der Waals surface area (Å²) in [5.41, 5.74) is 9.43. The summed E-state index contributed by atoms with van der Waals surface area (Å²) >= 11 is 0. The van der Waals surface area contributed by atoms with Gasteiger partial charge in [-0.25, -0.2) is 0 Å². The second kappa shape index (κ2) is 6.63. The minimum Gasteiger partial charge on any atom is -0.489 e. The molecule has 3 aromatic carbocycles. The van der Waals surface area contributed by atoms with Gasteiger partial charge in [-0.3, -0.25) is 0 Å². The van der Waals surface area contributed by atoms with Crippen LogP contribution in [0.5, 0.6) is 5.75 Å². The molecule has 2 N–H and O–H groups in total. The van der Waals surface area contributed by atoms with Crippen molar-refractivity contribution < 1.29 is 4.74 Å². The Hall–Kier alpha value is -2.32. The molecule has 0 unspecified atom stereocenters. The van der Waals surface area contributed by atoms with E-state index in [1.54, 1.807) is 0 Å². The third kappa shape index (κ3) is 3.12. The Kier molecular flexibility index (Phi) is 4.40. The van der Waals surface area contributed by atoms with Crippen molar-refractivity contribution in [3.05, 3.63) is 77.4 Å². The molecule has 0 aromatic heterocycles. The van der Waals surface area contributed by atoms with Gasteiger partial charge in [-0.1, -0.05) is 60.2 Å². The molecule has 22 heavy (non-hydrogen) atoms. The summed E-state index contributed by atoms with van der Waals surface area (Å²) in [4.78, 5) is 0. The van der Waals surface area contributed by atoms with Crippen molar-refractivity contribution >= 4 is 10.8 Å². The van der Waals surface area contributed by atoms with Crippen molar-refractivity contribution in [3.8, 4) is 5.75 Å². The van der Waals surface area contributed by atoms with Gasteiger partial charge >= 0.3 is 0 Å². The van der Waals surface area contributed by atoms with Crippen LogP contribution in [0.4, 0.5) is 0 Å². The van der Waals surface area contributed by atoms with Gasteiger partial charge in [-0.15, -0.1) is 0 Å². The van der Waals surface area contributed by atoms with E-state index in [0.717, 1.165) is 12.2 Å². The Balaban J connectivity index is 1.89. The average molecular weight is 291 g/mol. The van der Waals surface area contributed by atoms with Crippen LogP contribution in [0.15, 0.2) is 60.7 Å². The Morgan fingerprint density at radius 2 is 1.68 bits per heavy atom. The van der Waals surface area contributed by atoms with E-state index in [-0.39, 0.29) is 0 Å². The molecule has 0 bridgehead atoms. The van der Waals surface area contributed by atoms with Gasteiger partial charge in [0.2, 0.25) is 0 Å². The number of hydrogen-bond donors (Lipinski definition) is 1. The van der Waals surface area contributed by atoms with Crippen LogP contribution in [0.1, 0.15) is 16.7 Å². The molecular weight excluding hydrogens is 270 g/mol. The summed E-state index contributed by atoms with van der Waals surface area (Å²) in [6, 6.07) is 21.0. The molecule has 2 nitrogen and oxygen atoms in total. The molecule has 0 spiro atoms. The highest BCUT2D eigenvalue weighted by Gasteiger charge is 2.08. The molecule has 2 heteroatoms. The molecule has 0 fully saturated rings. The number of nitrogens with two attached hydrogens (primary N) is 1. The molecule has 0 atom stereocenters. The number of fused-ring (bicyclic) bond motifs is 1. The molecular formula is C20H21NO. The topological polar surface area (TPSA) is 35.2 Å². The van der Waals surface area contributed by atoms with E-state index in [4.69, 9.17) is 10.5 Å². The fraction of sp³-hybridized carbons (Fsp3) is 0.200. The van der Waals surface area contributed by atoms with Crippen LogP contribution in [-0.2, 0) is 13.0 Å². The predicted molar refractivity (Wildman–Crippen MR) is 92.2 cm³/mol. The molecule has 0 aliphatic heterocycles. The smallest absolute Gasteiger partial charge is 0.123 e. The third-order valence-corrected chi connectivity index (χ3v) is 3.91. The Labute approximate surface area is 131 Å². The van der Waals surface area contributed by atoms with Crippen molar-refractivity contribution in [2.24, 2.45) is 5.73 Å². The van der Waals surface area contributed by atoms with Gasteiger partial charge in [0.25, 0.3) is 0 Å². The first-order valence-electron chi connectivity index (χ1n) is 7.67. The highest BCUT2D eigenvalue weighted by molar-refractivity contribution is 5.87. The van der Waals surface area contributed by atoms with Crippen LogP contribution in [0.2, 0.25) is 0 Å². The lowest BCUT2D eigenvalue weighted by atomic mass is 10.0. The molecule has 0 amide bonds. The first-order chi connectivity index (χ1) is 10.8. The Morgan fingerprint density at radius 1 is 0.909 bits per heavy atom. The lowest BCUT2D eigenvalue weighted by molar-refractivity contribution is 0.303. The molecule has 3 aromatic rings. The summed E-state index contributed by atoms with van der Waals surface area (Å²) in [7, 11) is 0. The Bertz CT molecular complexity index is 762. The standard InChI is InChI=1S/C20H21NO/c1-15-6-8-16(9-7-15)14-22-20-11-10-17-4-2-3-5-18(17)19(20)12-13-21/h2-11H,12-14,21H2,1H3. The monoisotopic (exact) mass is 291 g/mol. The fourth-order valence-electron chi connectivity index (χ4n) is 2.70. The number of aryl methyl sites for hydroxylation is 1. The first kappa shape index (κ1) is 14.6. The molecule has 3 rings (SSSR count). The van der Waals surface area contributed by atoms with E-state index in [1.165, 1.54) is 27.5 Å². The van der Waals surface area contributed by atoms with Crippen molar-refractivity contribution in [3.63, 3.8) is 0 Å². The quantitative estimate of drug-likeness (QED) is 0.763. The zero-order chi connectivity index (χ0) is 15.4. The zero-order valence-corrected chi connectivity index (χ0v) is 12.9. The first-order valence-corrected chi connectivity index (χ1v) is 7.67. The van der Waals surface area contributed by atoms with Crippen LogP contribution < -0.4 is 10.5 Å². The van der Waals surface area contributed by atoms with Crippen LogP contribution in [-0.4, -0.2) is 6.54 Å². The number of ether oxygens (including phenoxy) is 1. The molecule has 0 saturated carbocycles. The van der Waals surface area contributed by atoms with Crippen molar-refractivity contribution in [1.82, 2.24) is 0 Å². The number of rotatable bonds is 5. The second-order valence-corrected chi connectivity index (χ2v) is 5.58. The lowest BCUT2D eigenvalue weighted by Gasteiger charge is -2.14. The summed E-state index contributed by atoms with van der Waals surface area (Å²) < 4.78 is 6.07. The van der Waals surface area contributed by atoms with E-state index in [1.807, 2.05) is 0 Å². The molecule has 0 aliphatic rings. The van der Waals surface area contributed by atoms with E-state index in [2.05, 4.69) is 67.6 Å². The SMILES string of the molecule is Cc1ccc(COc2ccc3ccccc3c2CCN)cc1. The van der Waals surface area contributed by atoms with Crippen LogP contribution in [0, 0.1) is 6.92 Å². The minimum absolute atomic E-state index is 0.580. The van der Waals surface area contributed by atoms with E-state index < -0.39 is 0 Å². The van der Waals surface area contributed by atoms with Crippen molar-refractivity contribution in [1.29, 1.82) is 0 Å². The number of hydrogen-bond acceptors (Lipinski definition) is 2. The summed E-state index contributed by atoms with van der Waals surface area (Å²) in [5.74, 6) is 0.935. The number of benzene rings is 3. The van der Waals surface area contributed by atoms with Gasteiger partial charge in [-0.05, 0) is 42.3 Å². The third-order valence-electron chi connectivity index (χ3n) is 3.91. The van der Waals surface area contributed by atoms with Gasteiger partial charge in [-0.2, -0.15) is 0 Å². The molecule has 0 radical (unpaired) electrons. The van der Waals surface area contributed by atoms with E-state index >= 15 is 0 Å². The molecule has 0 heterocycles. The normalized spacial score (nSPS) is 10.8. The van der Waals surface area contributed by atoms with Crippen molar-refractivity contribution in [2.75, 3.05) is 6.54 Å². The fourth-order valence-corrected chi connectivity index (χ4v) is 2.70. The molecule has 112 valence electrons. The summed E-state index contributed by atoms with van der Waals surface area (Å²) in [6.45, 7) is 3.29. The average Bonchev–Trinajstić information content (AvgIpc) is 2.56. The summed E-state index contributed by atoms with van der Waals surface area (Å²) in [6.07, 6.45) is 0.824. The van der Waals surface area contributed by atoms with Crippen molar-refractivity contribution in [2.45, 2.75) is 20.0 Å². The zero-order valence-electron chi connectivity index (χ0n) is 12.9. The van der Waals surface area contributed by atoms with Gasteiger partial charge in [0.15, 0.2) is 0 Å². The second-order valence-electron chi connectivity index (χ2n) is 5.58. The van der Waals surface area contributed by atoms with Gasteiger partial charge in [0.1, 0.15) is 12.4 Å². The van der Waals surface area contributed by atoms with E-state index in [9.17, 15) is 0 Å². The van der Waals surface area contributed by atoms with Gasteiger partial charge < -0.3 is 10.5 Å². The van der Waals surface area contributed by atoms with Crippen LogP contribution in [0.3, 0.4) is 0 Å². The maximum absolute atomic E-state index is 6.07. The molecule has 0 saturated heterocycles. The molecule has 0 aliphatic carbocycles. The van der Waals surface area contributed by atoms with Crippen LogP contribution >= 0.6 is 0 Å². The lowest BCUT2D eigenvalue weighted by Crippen LogP contribution is -2.06. The van der Waals surface area contributed by atoms with Crippen LogP contribution in [0.25, 0.3) is 10.8 Å². The van der Waals surface area contributed by atoms with Gasteiger partial charge in [0.05, 0.1) is 0 Å². The Morgan fingerprint density at radius 3 is 2.45 bits per heavy atom. The minimum atomic E-state index is 0.580. The van der Waals surface area contributed by atoms with E-state index in [0.29, 0.717) is 13.2 Å². The maximum Gasteiger partial charge on any atom is 0.123 e. The summed E-state index contributed by atoms with van der Waals surface area (Å²) in [5, 5.41) is 2.46. The maximum atomic E-state index is 6.07. The highest BCUT2D eigenvalue weighted by Crippen LogP contribution is 2.29.